The standard InChI is InChI=1S/C12H22N2O4S/c1-5-18-10(15)6-7-19-9(8-12(2,3)4)13-14-11(16)17/h14H,5-8H2,1-4H3,(H,16,17). The van der Waals surface area contributed by atoms with Crippen molar-refractivity contribution in [3.05, 3.63) is 0 Å². The van der Waals surface area contributed by atoms with E-state index in [9.17, 15) is 9.59 Å². The van der Waals surface area contributed by atoms with Crippen molar-refractivity contribution in [3.8, 4) is 0 Å². The van der Waals surface area contributed by atoms with Gasteiger partial charge in [0.25, 0.3) is 0 Å². The summed E-state index contributed by atoms with van der Waals surface area (Å²) in [5.74, 6) is 0.269. The van der Waals surface area contributed by atoms with Crippen molar-refractivity contribution in [1.82, 2.24) is 5.43 Å². The van der Waals surface area contributed by atoms with E-state index in [-0.39, 0.29) is 17.8 Å². The summed E-state index contributed by atoms with van der Waals surface area (Å²) in [5.41, 5.74) is 2.00. The SMILES string of the molecule is CCOC(=O)CCSC(CC(C)(C)C)=NNC(=O)O. The van der Waals surface area contributed by atoms with Crippen LogP contribution in [0.1, 0.15) is 40.5 Å². The van der Waals surface area contributed by atoms with E-state index in [2.05, 4.69) is 5.10 Å². The minimum Gasteiger partial charge on any atom is -0.466 e. The Labute approximate surface area is 118 Å². The molecule has 0 bridgehead atoms. The number of hydrogen-bond donors (Lipinski definition) is 2. The Hall–Kier alpha value is -1.24. The van der Waals surface area contributed by atoms with Gasteiger partial charge in [-0.3, -0.25) is 4.79 Å². The van der Waals surface area contributed by atoms with E-state index in [1.165, 1.54) is 11.8 Å². The molecule has 0 saturated carbocycles. The Morgan fingerprint density at radius 3 is 2.47 bits per heavy atom. The predicted molar refractivity (Wildman–Crippen MR) is 76.4 cm³/mol. The number of nitrogens with zero attached hydrogens (tertiary/aromatic N) is 1. The fourth-order valence-corrected chi connectivity index (χ4v) is 2.32. The van der Waals surface area contributed by atoms with Gasteiger partial charge in [-0.1, -0.05) is 20.8 Å². The zero-order valence-corrected chi connectivity index (χ0v) is 12.7. The Balaban J connectivity index is 4.31. The maximum absolute atomic E-state index is 11.2. The summed E-state index contributed by atoms with van der Waals surface area (Å²) in [7, 11) is 0. The number of carbonyl (C=O) groups excluding carboxylic acids is 1. The van der Waals surface area contributed by atoms with Gasteiger partial charge >= 0.3 is 12.1 Å². The highest BCUT2D eigenvalue weighted by Crippen LogP contribution is 2.24. The normalized spacial score (nSPS) is 12.1. The minimum atomic E-state index is -1.20. The van der Waals surface area contributed by atoms with E-state index in [0.29, 0.717) is 23.8 Å². The van der Waals surface area contributed by atoms with Crippen LogP contribution < -0.4 is 5.43 Å². The summed E-state index contributed by atoms with van der Waals surface area (Å²) >= 11 is 1.37. The van der Waals surface area contributed by atoms with Gasteiger partial charge < -0.3 is 9.84 Å². The van der Waals surface area contributed by atoms with Gasteiger partial charge in [-0.15, -0.1) is 11.8 Å². The van der Waals surface area contributed by atoms with Crippen LogP contribution in [0.5, 0.6) is 0 Å². The van der Waals surface area contributed by atoms with E-state index in [1.54, 1.807) is 6.92 Å². The van der Waals surface area contributed by atoms with E-state index >= 15 is 0 Å². The van der Waals surface area contributed by atoms with E-state index < -0.39 is 6.09 Å². The van der Waals surface area contributed by atoms with Gasteiger partial charge in [0.2, 0.25) is 0 Å². The summed E-state index contributed by atoms with van der Waals surface area (Å²) < 4.78 is 4.82. The number of carboxylic acid groups (broad SMARTS) is 1. The summed E-state index contributed by atoms with van der Waals surface area (Å²) in [5, 5.41) is 13.0. The highest BCUT2D eigenvalue weighted by Gasteiger charge is 2.16. The average Bonchev–Trinajstić information content (AvgIpc) is 2.24. The number of amides is 1. The van der Waals surface area contributed by atoms with Gasteiger partial charge in [0.15, 0.2) is 0 Å². The molecule has 1 amide bonds. The summed E-state index contributed by atoms with van der Waals surface area (Å²) in [6.07, 6.45) is -0.271. The maximum atomic E-state index is 11.2. The quantitative estimate of drug-likeness (QED) is 0.340. The molecule has 7 heteroatoms. The zero-order chi connectivity index (χ0) is 14.9. The van der Waals surface area contributed by atoms with Crippen LogP contribution >= 0.6 is 11.8 Å². The van der Waals surface area contributed by atoms with Crippen LogP contribution in [-0.4, -0.2) is 34.6 Å². The Morgan fingerprint density at radius 1 is 1.37 bits per heavy atom. The second kappa shape index (κ2) is 8.79. The fraction of sp³-hybridized carbons (Fsp3) is 0.750. The maximum Gasteiger partial charge on any atom is 0.425 e. The molecule has 0 aliphatic heterocycles. The lowest BCUT2D eigenvalue weighted by atomic mass is 9.93. The van der Waals surface area contributed by atoms with Gasteiger partial charge in [0.1, 0.15) is 0 Å². The zero-order valence-electron chi connectivity index (χ0n) is 11.9. The van der Waals surface area contributed by atoms with Crippen LogP contribution in [0.2, 0.25) is 0 Å². The molecule has 0 aromatic rings. The molecule has 0 unspecified atom stereocenters. The van der Waals surface area contributed by atoms with Gasteiger partial charge in [0, 0.05) is 12.2 Å². The molecule has 0 fully saturated rings. The number of thioether (sulfide) groups is 1. The monoisotopic (exact) mass is 290 g/mol. The third-order valence-electron chi connectivity index (χ3n) is 1.84. The number of rotatable bonds is 6. The summed E-state index contributed by atoms with van der Waals surface area (Å²) in [4.78, 5) is 21.6. The highest BCUT2D eigenvalue weighted by molar-refractivity contribution is 8.13. The first-order valence-corrected chi connectivity index (χ1v) is 7.07. The van der Waals surface area contributed by atoms with Crippen LogP contribution in [0.4, 0.5) is 4.79 Å². The number of ether oxygens (including phenoxy) is 1. The topological polar surface area (TPSA) is 88.0 Å². The van der Waals surface area contributed by atoms with Crippen LogP contribution in [0.15, 0.2) is 5.10 Å². The number of hydrazone groups is 1. The van der Waals surface area contributed by atoms with Gasteiger partial charge in [-0.05, 0) is 12.3 Å². The molecule has 19 heavy (non-hydrogen) atoms. The molecule has 0 spiro atoms. The molecule has 0 atom stereocenters. The Kier molecular flexibility index (Phi) is 8.22. The third-order valence-corrected chi connectivity index (χ3v) is 2.82. The van der Waals surface area contributed by atoms with Gasteiger partial charge in [-0.2, -0.15) is 5.10 Å². The lowest BCUT2D eigenvalue weighted by Gasteiger charge is -2.18. The largest absolute Gasteiger partial charge is 0.466 e. The van der Waals surface area contributed by atoms with Gasteiger partial charge in [0.05, 0.1) is 18.1 Å². The van der Waals surface area contributed by atoms with Crippen LogP contribution in [-0.2, 0) is 9.53 Å². The highest BCUT2D eigenvalue weighted by atomic mass is 32.2. The molecule has 0 aromatic carbocycles. The third kappa shape index (κ3) is 11.6. The van der Waals surface area contributed by atoms with Crippen molar-refractivity contribution >= 4 is 28.9 Å². The fourth-order valence-electron chi connectivity index (χ4n) is 1.17. The number of nitrogens with one attached hydrogen (secondary N) is 1. The molecule has 0 aromatic heterocycles. The van der Waals surface area contributed by atoms with Crippen molar-refractivity contribution in [1.29, 1.82) is 0 Å². The van der Waals surface area contributed by atoms with E-state index in [0.717, 1.165) is 0 Å². The lowest BCUT2D eigenvalue weighted by Crippen LogP contribution is -2.19. The second-order valence-corrected chi connectivity index (χ2v) is 6.23. The lowest BCUT2D eigenvalue weighted by molar-refractivity contribution is -0.142. The molecule has 0 rings (SSSR count). The second-order valence-electron chi connectivity index (χ2n) is 5.06. The molecule has 0 aliphatic carbocycles. The summed E-state index contributed by atoms with van der Waals surface area (Å²) in [6, 6.07) is 0. The molecular weight excluding hydrogens is 268 g/mol. The van der Waals surface area contributed by atoms with Crippen molar-refractivity contribution < 1.29 is 19.4 Å². The van der Waals surface area contributed by atoms with Crippen LogP contribution in [0, 0.1) is 5.41 Å². The van der Waals surface area contributed by atoms with E-state index in [4.69, 9.17) is 9.84 Å². The average molecular weight is 290 g/mol. The minimum absolute atomic E-state index is 0.00402. The molecule has 0 saturated heterocycles. The summed E-state index contributed by atoms with van der Waals surface area (Å²) in [6.45, 7) is 8.24. The van der Waals surface area contributed by atoms with Crippen molar-refractivity contribution in [3.63, 3.8) is 0 Å². The predicted octanol–water partition coefficient (Wildman–Crippen LogP) is 2.69. The first-order chi connectivity index (χ1) is 8.74. The number of carbonyl (C=O) groups is 2. The molecule has 0 radical (unpaired) electrons. The number of esters is 1. The molecule has 0 heterocycles. The first kappa shape index (κ1) is 17.8. The van der Waals surface area contributed by atoms with Crippen LogP contribution in [0.3, 0.4) is 0 Å². The van der Waals surface area contributed by atoms with Gasteiger partial charge in [-0.25, -0.2) is 10.2 Å². The molecule has 6 nitrogen and oxygen atoms in total. The molecular formula is C12H22N2O4S. The Morgan fingerprint density at radius 2 is 2.00 bits per heavy atom. The number of hydrogen-bond acceptors (Lipinski definition) is 5. The molecule has 0 aliphatic rings. The van der Waals surface area contributed by atoms with Crippen molar-refractivity contribution in [2.75, 3.05) is 12.4 Å². The van der Waals surface area contributed by atoms with Crippen molar-refractivity contribution in [2.45, 2.75) is 40.5 Å². The molecule has 2 N–H and O–H groups in total. The smallest absolute Gasteiger partial charge is 0.425 e. The Bertz CT molecular complexity index is 337. The van der Waals surface area contributed by atoms with Crippen molar-refractivity contribution in [2.24, 2.45) is 10.5 Å². The van der Waals surface area contributed by atoms with Crippen LogP contribution in [0.25, 0.3) is 0 Å². The first-order valence-electron chi connectivity index (χ1n) is 6.08. The van der Waals surface area contributed by atoms with E-state index in [1.807, 2.05) is 26.2 Å². The molecule has 110 valence electrons.